The Hall–Kier alpha value is -1.85. The Kier molecular flexibility index (Phi) is 11.6. The molecule has 11 heteroatoms. The van der Waals surface area contributed by atoms with E-state index in [0.717, 1.165) is 6.42 Å². The van der Waals surface area contributed by atoms with Crippen LogP contribution in [0.3, 0.4) is 0 Å². The minimum atomic E-state index is -1.31. The Balaban J connectivity index is 4.63. The Bertz CT molecular complexity index is 477. The second-order valence-corrected chi connectivity index (χ2v) is 5.90. The monoisotopic (exact) mass is 377 g/mol. The molecule has 0 bridgehead atoms. The van der Waals surface area contributed by atoms with Gasteiger partial charge in [-0.2, -0.15) is 12.6 Å². The zero-order chi connectivity index (χ0) is 19.4. The van der Waals surface area contributed by atoms with Gasteiger partial charge in [-0.1, -0.05) is 6.42 Å². The van der Waals surface area contributed by atoms with Crippen LogP contribution in [0.15, 0.2) is 0 Å². The fraction of sp³-hybridized carbons (Fsp3) is 0.714. The number of nitrogens with two attached hydrogens (primary N) is 3. The lowest BCUT2D eigenvalue weighted by atomic mass is 10.1. The third kappa shape index (κ3) is 9.89. The second kappa shape index (κ2) is 12.5. The first-order chi connectivity index (χ1) is 11.7. The van der Waals surface area contributed by atoms with Crippen LogP contribution in [0, 0.1) is 0 Å². The van der Waals surface area contributed by atoms with Crippen molar-refractivity contribution in [2.45, 2.75) is 50.2 Å². The molecule has 3 atom stereocenters. The maximum absolute atomic E-state index is 12.1. The highest BCUT2D eigenvalue weighted by Gasteiger charge is 2.27. The van der Waals surface area contributed by atoms with E-state index < -0.39 is 41.8 Å². The highest BCUT2D eigenvalue weighted by molar-refractivity contribution is 7.80. The number of amides is 3. The number of rotatable bonds is 13. The van der Waals surface area contributed by atoms with E-state index >= 15 is 0 Å². The number of hydrogen-bond acceptors (Lipinski definition) is 7. The number of carbonyl (C=O) groups is 4. The second-order valence-electron chi connectivity index (χ2n) is 5.54. The van der Waals surface area contributed by atoms with Gasteiger partial charge in [0.15, 0.2) is 0 Å². The summed E-state index contributed by atoms with van der Waals surface area (Å²) >= 11 is 3.99. The lowest BCUT2D eigenvalue weighted by Gasteiger charge is -2.21. The van der Waals surface area contributed by atoms with E-state index in [1.54, 1.807) is 0 Å². The average Bonchev–Trinajstić information content (AvgIpc) is 2.55. The highest BCUT2D eigenvalue weighted by atomic mass is 32.1. The standard InChI is InChI=1S/C14H27N5O5S/c15-6-2-1-3-8(16)12(21)19-10(7-25)13(22)18-9(14(23)24)4-5-11(17)20/h8-10,25H,1-7,15-16H2,(H2,17,20)(H,18,22)(H,19,21)(H,23,24)/t8-,9-,10-/m0/s1. The van der Waals surface area contributed by atoms with Crippen LogP contribution in [0.5, 0.6) is 0 Å². The molecule has 0 spiro atoms. The summed E-state index contributed by atoms with van der Waals surface area (Å²) in [7, 11) is 0. The van der Waals surface area contributed by atoms with E-state index in [1.165, 1.54) is 0 Å². The maximum Gasteiger partial charge on any atom is 0.326 e. The van der Waals surface area contributed by atoms with Crippen LogP contribution in [0.4, 0.5) is 0 Å². The van der Waals surface area contributed by atoms with E-state index in [-0.39, 0.29) is 18.6 Å². The van der Waals surface area contributed by atoms with Crippen molar-refractivity contribution in [3.63, 3.8) is 0 Å². The van der Waals surface area contributed by atoms with Gasteiger partial charge in [0.2, 0.25) is 17.7 Å². The van der Waals surface area contributed by atoms with Gasteiger partial charge < -0.3 is 32.9 Å². The molecule has 10 nitrogen and oxygen atoms in total. The van der Waals surface area contributed by atoms with Gasteiger partial charge in [0, 0.05) is 12.2 Å². The Morgan fingerprint density at radius 1 is 1.00 bits per heavy atom. The molecule has 0 aliphatic heterocycles. The molecule has 0 aliphatic carbocycles. The minimum Gasteiger partial charge on any atom is -0.480 e. The molecule has 0 aromatic carbocycles. The molecule has 0 aromatic heterocycles. The van der Waals surface area contributed by atoms with Gasteiger partial charge in [-0.05, 0) is 25.8 Å². The number of thiol groups is 1. The number of carboxylic acid groups (broad SMARTS) is 1. The fourth-order valence-electron chi connectivity index (χ4n) is 1.93. The molecule has 0 rings (SSSR count). The summed E-state index contributed by atoms with van der Waals surface area (Å²) < 4.78 is 0. The molecular weight excluding hydrogens is 350 g/mol. The molecule has 0 heterocycles. The number of hydrogen-bond donors (Lipinski definition) is 7. The molecule has 3 amide bonds. The molecule has 0 saturated heterocycles. The number of carboxylic acids is 1. The van der Waals surface area contributed by atoms with Crippen LogP contribution in [0.2, 0.25) is 0 Å². The number of unbranched alkanes of at least 4 members (excludes halogenated alkanes) is 1. The van der Waals surface area contributed by atoms with Crippen LogP contribution in [-0.4, -0.2) is 59.2 Å². The Morgan fingerprint density at radius 2 is 1.60 bits per heavy atom. The molecular formula is C14H27N5O5S. The largest absolute Gasteiger partial charge is 0.480 e. The molecule has 0 fully saturated rings. The number of carbonyl (C=O) groups excluding carboxylic acids is 3. The fourth-order valence-corrected chi connectivity index (χ4v) is 2.19. The number of primary amides is 1. The van der Waals surface area contributed by atoms with Crippen molar-refractivity contribution in [3.8, 4) is 0 Å². The molecule has 0 unspecified atom stereocenters. The van der Waals surface area contributed by atoms with Crippen LogP contribution < -0.4 is 27.8 Å². The molecule has 0 saturated carbocycles. The van der Waals surface area contributed by atoms with Gasteiger partial charge in [-0.3, -0.25) is 14.4 Å². The van der Waals surface area contributed by atoms with Crippen LogP contribution >= 0.6 is 12.6 Å². The molecule has 144 valence electrons. The summed E-state index contributed by atoms with van der Waals surface area (Å²) in [6, 6.07) is -3.14. The van der Waals surface area contributed by atoms with Crippen molar-refractivity contribution in [2.75, 3.05) is 12.3 Å². The summed E-state index contributed by atoms with van der Waals surface area (Å²) in [5.41, 5.74) is 16.1. The van der Waals surface area contributed by atoms with Gasteiger partial charge in [-0.25, -0.2) is 4.79 Å². The van der Waals surface area contributed by atoms with Gasteiger partial charge in [0.1, 0.15) is 12.1 Å². The maximum atomic E-state index is 12.1. The van der Waals surface area contributed by atoms with Gasteiger partial charge in [0.05, 0.1) is 6.04 Å². The molecule has 0 aliphatic rings. The summed E-state index contributed by atoms with van der Waals surface area (Å²) in [6.45, 7) is 0.498. The van der Waals surface area contributed by atoms with E-state index in [2.05, 4.69) is 23.3 Å². The van der Waals surface area contributed by atoms with Crippen molar-refractivity contribution >= 4 is 36.3 Å². The summed E-state index contributed by atoms with van der Waals surface area (Å²) in [6.07, 6.45) is 1.48. The Labute approximate surface area is 151 Å². The van der Waals surface area contributed by atoms with Crippen LogP contribution in [-0.2, 0) is 19.2 Å². The highest BCUT2D eigenvalue weighted by Crippen LogP contribution is 2.02. The van der Waals surface area contributed by atoms with E-state index in [0.29, 0.717) is 19.4 Å². The normalized spacial score (nSPS) is 14.2. The predicted octanol–water partition coefficient (Wildman–Crippen LogP) is -2.31. The first-order valence-corrected chi connectivity index (χ1v) is 8.54. The van der Waals surface area contributed by atoms with Crippen molar-refractivity contribution < 1.29 is 24.3 Å². The van der Waals surface area contributed by atoms with E-state index in [4.69, 9.17) is 22.3 Å². The summed E-state index contributed by atoms with van der Waals surface area (Å²) in [5, 5.41) is 13.8. The predicted molar refractivity (Wildman–Crippen MR) is 94.7 cm³/mol. The van der Waals surface area contributed by atoms with Crippen molar-refractivity contribution in [1.82, 2.24) is 10.6 Å². The summed E-state index contributed by atoms with van der Waals surface area (Å²) in [5.74, 6) is -3.29. The number of nitrogens with one attached hydrogen (secondary N) is 2. The van der Waals surface area contributed by atoms with Gasteiger partial charge in [-0.15, -0.1) is 0 Å². The lowest BCUT2D eigenvalue weighted by molar-refractivity contribution is -0.142. The molecule has 0 aromatic rings. The van der Waals surface area contributed by atoms with Crippen molar-refractivity contribution in [1.29, 1.82) is 0 Å². The van der Waals surface area contributed by atoms with Crippen molar-refractivity contribution in [2.24, 2.45) is 17.2 Å². The smallest absolute Gasteiger partial charge is 0.326 e. The quantitative estimate of drug-likeness (QED) is 0.138. The van der Waals surface area contributed by atoms with E-state index in [1.807, 2.05) is 0 Å². The lowest BCUT2D eigenvalue weighted by Crippen LogP contribution is -2.55. The Morgan fingerprint density at radius 3 is 2.08 bits per heavy atom. The minimum absolute atomic E-state index is 0.0464. The molecule has 9 N–H and O–H groups in total. The number of aliphatic carboxylic acids is 1. The van der Waals surface area contributed by atoms with Crippen molar-refractivity contribution in [3.05, 3.63) is 0 Å². The zero-order valence-electron chi connectivity index (χ0n) is 13.9. The summed E-state index contributed by atoms with van der Waals surface area (Å²) in [4.78, 5) is 46.0. The van der Waals surface area contributed by atoms with E-state index in [9.17, 15) is 19.2 Å². The van der Waals surface area contributed by atoms with Crippen LogP contribution in [0.1, 0.15) is 32.1 Å². The third-order valence-corrected chi connectivity index (χ3v) is 3.78. The third-order valence-electron chi connectivity index (χ3n) is 3.42. The van der Waals surface area contributed by atoms with Gasteiger partial charge in [0.25, 0.3) is 0 Å². The average molecular weight is 377 g/mol. The van der Waals surface area contributed by atoms with Gasteiger partial charge >= 0.3 is 5.97 Å². The first kappa shape index (κ1) is 23.1. The SMILES string of the molecule is NCCCC[C@H](N)C(=O)N[C@@H](CS)C(=O)N[C@@H](CCC(N)=O)C(=O)O. The van der Waals surface area contributed by atoms with Crippen LogP contribution in [0.25, 0.3) is 0 Å². The first-order valence-electron chi connectivity index (χ1n) is 7.91. The topological polar surface area (TPSA) is 191 Å². The molecule has 0 radical (unpaired) electrons. The zero-order valence-corrected chi connectivity index (χ0v) is 14.8. The molecule has 25 heavy (non-hydrogen) atoms.